The summed E-state index contributed by atoms with van der Waals surface area (Å²) in [6.07, 6.45) is 5.54. The Morgan fingerprint density at radius 3 is 2.93 bits per heavy atom. The molecule has 0 spiro atoms. The topological polar surface area (TPSA) is 54.9 Å². The molecular formula is C9H13N3OS. The van der Waals surface area contributed by atoms with Gasteiger partial charge in [0.1, 0.15) is 0 Å². The molecule has 4 nitrogen and oxygen atoms in total. The van der Waals surface area contributed by atoms with Gasteiger partial charge in [-0.3, -0.25) is 4.21 Å². The monoisotopic (exact) mass is 211 g/mol. The molecule has 1 aromatic heterocycles. The molecule has 2 unspecified atom stereocenters. The third-order valence-corrected chi connectivity index (χ3v) is 3.58. The lowest BCUT2D eigenvalue weighted by molar-refractivity contribution is 0.638. The zero-order valence-electron chi connectivity index (χ0n) is 7.85. The van der Waals surface area contributed by atoms with E-state index >= 15 is 0 Å². The van der Waals surface area contributed by atoms with Gasteiger partial charge in [0.25, 0.3) is 0 Å². The van der Waals surface area contributed by atoms with Gasteiger partial charge in [0.05, 0.1) is 10.8 Å². The van der Waals surface area contributed by atoms with Crippen molar-refractivity contribution in [2.45, 2.75) is 24.0 Å². The van der Waals surface area contributed by atoms with Crippen LogP contribution < -0.4 is 5.32 Å². The van der Waals surface area contributed by atoms with E-state index in [0.29, 0.717) is 17.0 Å². The molecule has 1 fully saturated rings. The van der Waals surface area contributed by atoms with Crippen molar-refractivity contribution in [1.82, 2.24) is 15.3 Å². The van der Waals surface area contributed by atoms with Gasteiger partial charge in [-0.15, -0.1) is 0 Å². The van der Waals surface area contributed by atoms with Gasteiger partial charge < -0.3 is 5.32 Å². The second-order valence-electron chi connectivity index (χ2n) is 3.34. The minimum absolute atomic E-state index is 0.375. The van der Waals surface area contributed by atoms with Gasteiger partial charge in [-0.05, 0) is 25.5 Å². The SMILES string of the molecule is O=S(CC1CCCN1)c1ncccn1. The summed E-state index contributed by atoms with van der Waals surface area (Å²) in [5.74, 6) is 0.629. The summed E-state index contributed by atoms with van der Waals surface area (Å²) in [6, 6.07) is 2.11. The van der Waals surface area contributed by atoms with E-state index in [-0.39, 0.29) is 0 Å². The Morgan fingerprint density at radius 2 is 2.29 bits per heavy atom. The Labute approximate surface area is 85.6 Å². The fourth-order valence-electron chi connectivity index (χ4n) is 1.56. The van der Waals surface area contributed by atoms with Crippen molar-refractivity contribution in [2.24, 2.45) is 0 Å². The summed E-state index contributed by atoms with van der Waals surface area (Å²) in [5, 5.41) is 3.75. The minimum atomic E-state index is -1.06. The molecule has 0 radical (unpaired) electrons. The molecule has 0 bridgehead atoms. The van der Waals surface area contributed by atoms with Gasteiger partial charge in [-0.2, -0.15) is 0 Å². The Bertz CT molecular complexity index is 311. The summed E-state index contributed by atoms with van der Waals surface area (Å²) in [5.41, 5.74) is 0. The summed E-state index contributed by atoms with van der Waals surface area (Å²) in [7, 11) is -1.06. The molecule has 1 aliphatic rings. The summed E-state index contributed by atoms with van der Waals surface area (Å²) < 4.78 is 11.7. The highest BCUT2D eigenvalue weighted by atomic mass is 32.2. The van der Waals surface area contributed by atoms with Crippen LogP contribution >= 0.6 is 0 Å². The van der Waals surface area contributed by atoms with Crippen molar-refractivity contribution in [3.8, 4) is 0 Å². The Hall–Kier alpha value is -0.810. The lowest BCUT2D eigenvalue weighted by Gasteiger charge is -2.07. The molecular weight excluding hydrogens is 198 g/mol. The predicted molar refractivity (Wildman–Crippen MR) is 54.3 cm³/mol. The van der Waals surface area contributed by atoms with Crippen LogP contribution in [0.5, 0.6) is 0 Å². The van der Waals surface area contributed by atoms with Crippen LogP contribution in [-0.2, 0) is 10.8 Å². The molecule has 14 heavy (non-hydrogen) atoms. The summed E-state index contributed by atoms with van der Waals surface area (Å²) >= 11 is 0. The number of aromatic nitrogens is 2. The van der Waals surface area contributed by atoms with Crippen molar-refractivity contribution in [2.75, 3.05) is 12.3 Å². The Balaban J connectivity index is 1.95. The average Bonchev–Trinajstić information content (AvgIpc) is 2.72. The quantitative estimate of drug-likeness (QED) is 0.732. The molecule has 0 aromatic carbocycles. The molecule has 0 aliphatic carbocycles. The maximum absolute atomic E-state index is 11.7. The average molecular weight is 211 g/mol. The molecule has 76 valence electrons. The van der Waals surface area contributed by atoms with E-state index in [1.165, 1.54) is 6.42 Å². The van der Waals surface area contributed by atoms with Crippen molar-refractivity contribution < 1.29 is 4.21 Å². The van der Waals surface area contributed by atoms with Crippen molar-refractivity contribution in [3.63, 3.8) is 0 Å². The van der Waals surface area contributed by atoms with Crippen LogP contribution in [0.1, 0.15) is 12.8 Å². The van der Waals surface area contributed by atoms with Gasteiger partial charge in [-0.25, -0.2) is 9.97 Å². The molecule has 2 heterocycles. The molecule has 2 atom stereocenters. The lowest BCUT2D eigenvalue weighted by Crippen LogP contribution is -2.28. The number of rotatable bonds is 3. The maximum atomic E-state index is 11.7. The first-order chi connectivity index (χ1) is 6.86. The van der Waals surface area contributed by atoms with E-state index in [4.69, 9.17) is 0 Å². The van der Waals surface area contributed by atoms with E-state index in [0.717, 1.165) is 13.0 Å². The third kappa shape index (κ3) is 2.36. The highest BCUT2D eigenvalue weighted by molar-refractivity contribution is 7.84. The Kier molecular flexibility index (Phi) is 3.21. The van der Waals surface area contributed by atoms with Crippen LogP contribution in [0.15, 0.2) is 23.6 Å². The summed E-state index contributed by atoms with van der Waals surface area (Å²) in [4.78, 5) is 7.96. The predicted octanol–water partition coefficient (Wildman–Crippen LogP) is 0.336. The van der Waals surface area contributed by atoms with Gasteiger partial charge in [0.15, 0.2) is 0 Å². The zero-order valence-corrected chi connectivity index (χ0v) is 8.67. The number of nitrogens with zero attached hydrogens (tertiary/aromatic N) is 2. The molecule has 5 heteroatoms. The number of hydrogen-bond acceptors (Lipinski definition) is 4. The minimum Gasteiger partial charge on any atom is -0.313 e. The van der Waals surface area contributed by atoms with Crippen molar-refractivity contribution in [3.05, 3.63) is 18.5 Å². The molecule has 0 saturated carbocycles. The zero-order chi connectivity index (χ0) is 9.80. The fraction of sp³-hybridized carbons (Fsp3) is 0.556. The Morgan fingerprint density at radius 1 is 1.50 bits per heavy atom. The van der Waals surface area contributed by atoms with Crippen LogP contribution in [-0.4, -0.2) is 32.5 Å². The highest BCUT2D eigenvalue weighted by Gasteiger charge is 2.18. The number of hydrogen-bond donors (Lipinski definition) is 1. The van der Waals surface area contributed by atoms with Crippen LogP contribution in [0, 0.1) is 0 Å². The van der Waals surface area contributed by atoms with Gasteiger partial charge in [0.2, 0.25) is 5.16 Å². The van der Waals surface area contributed by atoms with Gasteiger partial charge >= 0.3 is 0 Å². The standard InChI is InChI=1S/C9H13N3OS/c13-14(7-8-3-1-4-10-8)9-11-5-2-6-12-9/h2,5-6,8,10H,1,3-4,7H2. The van der Waals surface area contributed by atoms with Crippen molar-refractivity contribution >= 4 is 10.8 Å². The van der Waals surface area contributed by atoms with Crippen LogP contribution in [0.25, 0.3) is 0 Å². The first kappa shape index (κ1) is 9.73. The third-order valence-electron chi connectivity index (χ3n) is 2.26. The normalized spacial score (nSPS) is 23.6. The molecule has 1 saturated heterocycles. The molecule has 1 N–H and O–H groups in total. The fourth-order valence-corrected chi connectivity index (χ4v) is 2.72. The van der Waals surface area contributed by atoms with E-state index in [9.17, 15) is 4.21 Å². The van der Waals surface area contributed by atoms with E-state index in [1.54, 1.807) is 18.5 Å². The van der Waals surface area contributed by atoms with Gasteiger partial charge in [0, 0.05) is 24.2 Å². The second-order valence-corrected chi connectivity index (χ2v) is 4.73. The second kappa shape index (κ2) is 4.61. The molecule has 2 rings (SSSR count). The van der Waals surface area contributed by atoms with Crippen LogP contribution in [0.3, 0.4) is 0 Å². The van der Waals surface area contributed by atoms with E-state index in [2.05, 4.69) is 15.3 Å². The smallest absolute Gasteiger partial charge is 0.218 e. The molecule has 0 amide bonds. The van der Waals surface area contributed by atoms with Crippen LogP contribution in [0.4, 0.5) is 0 Å². The first-order valence-corrected chi connectivity index (χ1v) is 6.07. The van der Waals surface area contributed by atoms with E-state index < -0.39 is 10.8 Å². The van der Waals surface area contributed by atoms with Crippen molar-refractivity contribution in [1.29, 1.82) is 0 Å². The number of nitrogens with one attached hydrogen (secondary N) is 1. The molecule has 1 aliphatic heterocycles. The van der Waals surface area contributed by atoms with Gasteiger partial charge in [-0.1, -0.05) is 0 Å². The largest absolute Gasteiger partial charge is 0.313 e. The summed E-state index contributed by atoms with van der Waals surface area (Å²) in [6.45, 7) is 1.04. The lowest BCUT2D eigenvalue weighted by atomic mass is 10.3. The first-order valence-electron chi connectivity index (χ1n) is 4.75. The molecule has 1 aromatic rings. The van der Waals surface area contributed by atoms with Crippen LogP contribution in [0.2, 0.25) is 0 Å². The van der Waals surface area contributed by atoms with E-state index in [1.807, 2.05) is 0 Å². The maximum Gasteiger partial charge on any atom is 0.218 e. The highest BCUT2D eigenvalue weighted by Crippen LogP contribution is 2.08.